The predicted molar refractivity (Wildman–Crippen MR) is 79.0 cm³/mol. The van der Waals surface area contributed by atoms with Gasteiger partial charge in [0, 0.05) is 17.9 Å². The summed E-state index contributed by atoms with van der Waals surface area (Å²) in [6.07, 6.45) is 2.43. The van der Waals surface area contributed by atoms with Gasteiger partial charge in [0.15, 0.2) is 0 Å². The van der Waals surface area contributed by atoms with Crippen molar-refractivity contribution in [3.8, 4) is 6.07 Å². The molecule has 2 unspecified atom stereocenters. The first-order valence-electron chi connectivity index (χ1n) is 6.51. The molecule has 0 radical (unpaired) electrons. The first-order chi connectivity index (χ1) is 8.65. The number of rotatable bonds is 2. The topological polar surface area (TPSA) is 27.0 Å². The lowest BCUT2D eigenvalue weighted by molar-refractivity contribution is 0.378. The fourth-order valence-corrected chi connectivity index (χ4v) is 3.12. The van der Waals surface area contributed by atoms with Crippen LogP contribution in [0.15, 0.2) is 18.2 Å². The second-order valence-corrected chi connectivity index (χ2v) is 5.83. The van der Waals surface area contributed by atoms with E-state index in [1.807, 2.05) is 6.07 Å². The van der Waals surface area contributed by atoms with Crippen molar-refractivity contribution in [2.45, 2.75) is 38.1 Å². The van der Waals surface area contributed by atoms with Gasteiger partial charge in [0.25, 0.3) is 0 Å². The van der Waals surface area contributed by atoms with E-state index in [0.717, 1.165) is 34.6 Å². The summed E-state index contributed by atoms with van der Waals surface area (Å²) in [5.74, 6) is 0.795. The first kappa shape index (κ1) is 13.4. The molecule has 96 valence electrons. The maximum atomic E-state index is 9.32. The smallest absolute Gasteiger partial charge is 0.101 e. The number of halogens is 1. The van der Waals surface area contributed by atoms with E-state index < -0.39 is 0 Å². The van der Waals surface area contributed by atoms with Crippen LogP contribution in [-0.2, 0) is 5.33 Å². The zero-order chi connectivity index (χ0) is 13.1. The highest BCUT2D eigenvalue weighted by Crippen LogP contribution is 2.30. The monoisotopic (exact) mass is 306 g/mol. The van der Waals surface area contributed by atoms with Gasteiger partial charge in [0.1, 0.15) is 6.07 Å². The van der Waals surface area contributed by atoms with E-state index >= 15 is 0 Å². The zero-order valence-electron chi connectivity index (χ0n) is 11.0. The van der Waals surface area contributed by atoms with Gasteiger partial charge >= 0.3 is 0 Å². The van der Waals surface area contributed by atoms with E-state index in [9.17, 15) is 5.26 Å². The van der Waals surface area contributed by atoms with Gasteiger partial charge in [-0.2, -0.15) is 5.26 Å². The van der Waals surface area contributed by atoms with Crippen molar-refractivity contribution in [3.05, 3.63) is 29.3 Å². The molecule has 1 aromatic carbocycles. The molecule has 0 spiro atoms. The molecule has 0 bridgehead atoms. The molecule has 0 amide bonds. The number of nitrogens with zero attached hydrogens (tertiary/aromatic N) is 2. The van der Waals surface area contributed by atoms with Crippen molar-refractivity contribution >= 4 is 21.6 Å². The molecule has 2 nitrogen and oxygen atoms in total. The van der Waals surface area contributed by atoms with Gasteiger partial charge in [0.2, 0.25) is 0 Å². The number of benzene rings is 1. The van der Waals surface area contributed by atoms with Crippen LogP contribution in [0.2, 0.25) is 0 Å². The summed E-state index contributed by atoms with van der Waals surface area (Å²) >= 11 is 3.44. The molecule has 0 aromatic heterocycles. The van der Waals surface area contributed by atoms with E-state index in [-0.39, 0.29) is 0 Å². The second-order valence-electron chi connectivity index (χ2n) is 5.27. The van der Waals surface area contributed by atoms with Crippen LogP contribution >= 0.6 is 15.9 Å². The molecule has 2 atom stereocenters. The van der Waals surface area contributed by atoms with Crippen molar-refractivity contribution in [1.29, 1.82) is 5.26 Å². The fourth-order valence-electron chi connectivity index (χ4n) is 2.77. The van der Waals surface area contributed by atoms with Crippen molar-refractivity contribution < 1.29 is 0 Å². The van der Waals surface area contributed by atoms with Crippen LogP contribution in [0, 0.1) is 17.2 Å². The van der Waals surface area contributed by atoms with Gasteiger partial charge in [-0.1, -0.05) is 28.9 Å². The van der Waals surface area contributed by atoms with E-state index in [0.29, 0.717) is 6.04 Å². The molecular weight excluding hydrogens is 288 g/mol. The lowest BCUT2D eigenvalue weighted by atomic mass is 9.92. The molecular formula is C15H19BrN2. The van der Waals surface area contributed by atoms with Crippen molar-refractivity contribution in [1.82, 2.24) is 0 Å². The van der Waals surface area contributed by atoms with Crippen LogP contribution in [0.4, 0.5) is 5.69 Å². The summed E-state index contributed by atoms with van der Waals surface area (Å²) in [5, 5.41) is 10.1. The summed E-state index contributed by atoms with van der Waals surface area (Å²) in [4.78, 5) is 2.39. The lowest BCUT2D eigenvalue weighted by Crippen LogP contribution is -2.40. The maximum Gasteiger partial charge on any atom is 0.101 e. The molecule has 1 aliphatic rings. The van der Waals surface area contributed by atoms with E-state index in [1.54, 1.807) is 0 Å². The molecule has 1 aromatic rings. The molecule has 0 aliphatic carbocycles. The van der Waals surface area contributed by atoms with Crippen LogP contribution < -0.4 is 4.90 Å². The Morgan fingerprint density at radius 2 is 2.22 bits per heavy atom. The lowest BCUT2D eigenvalue weighted by Gasteiger charge is -2.38. The maximum absolute atomic E-state index is 9.32. The minimum absolute atomic E-state index is 0.524. The number of anilines is 1. The Morgan fingerprint density at radius 1 is 1.44 bits per heavy atom. The number of alkyl halides is 1. The van der Waals surface area contributed by atoms with E-state index in [1.165, 1.54) is 12.8 Å². The summed E-state index contributed by atoms with van der Waals surface area (Å²) in [6.45, 7) is 5.63. The molecule has 3 heteroatoms. The number of nitriles is 1. The van der Waals surface area contributed by atoms with Crippen LogP contribution in [-0.4, -0.2) is 12.6 Å². The zero-order valence-corrected chi connectivity index (χ0v) is 12.6. The molecule has 0 N–H and O–H groups in total. The quantitative estimate of drug-likeness (QED) is 0.770. The first-order valence-corrected chi connectivity index (χ1v) is 7.63. The van der Waals surface area contributed by atoms with Gasteiger partial charge in [-0.05, 0) is 43.4 Å². The standard InChI is InChI=1S/C15H19BrN2/c1-11-5-6-18(12(2)7-11)15-4-3-13(9-16)8-14(15)10-17/h3-4,8,11-12H,5-7,9H2,1-2H3. The van der Waals surface area contributed by atoms with Crippen molar-refractivity contribution in [2.24, 2.45) is 5.92 Å². The summed E-state index contributed by atoms with van der Waals surface area (Å²) in [5.41, 5.74) is 3.06. The number of hydrogen-bond acceptors (Lipinski definition) is 2. The Hall–Kier alpha value is -1.01. The SMILES string of the molecule is CC1CCN(c2ccc(CBr)cc2C#N)C(C)C1. The Labute approximate surface area is 118 Å². The number of hydrogen-bond donors (Lipinski definition) is 0. The van der Waals surface area contributed by atoms with Gasteiger partial charge in [0.05, 0.1) is 11.3 Å². The van der Waals surface area contributed by atoms with Crippen LogP contribution in [0.25, 0.3) is 0 Å². The van der Waals surface area contributed by atoms with Crippen molar-refractivity contribution in [3.63, 3.8) is 0 Å². The third kappa shape index (κ3) is 2.70. The fraction of sp³-hybridized carbons (Fsp3) is 0.533. The predicted octanol–water partition coefficient (Wildman–Crippen LogP) is 4.08. The average molecular weight is 307 g/mol. The highest BCUT2D eigenvalue weighted by molar-refractivity contribution is 9.08. The molecule has 1 fully saturated rings. The molecule has 18 heavy (non-hydrogen) atoms. The van der Waals surface area contributed by atoms with Crippen LogP contribution in [0.3, 0.4) is 0 Å². The molecule has 2 rings (SSSR count). The Bertz CT molecular complexity index is 464. The second kappa shape index (κ2) is 5.75. The third-order valence-electron chi connectivity index (χ3n) is 3.78. The normalized spacial score (nSPS) is 23.8. The molecule has 1 heterocycles. The molecule has 0 saturated carbocycles. The summed E-state index contributed by atoms with van der Waals surface area (Å²) in [7, 11) is 0. The van der Waals surface area contributed by atoms with E-state index in [4.69, 9.17) is 0 Å². The summed E-state index contributed by atoms with van der Waals surface area (Å²) in [6, 6.07) is 9.06. The molecule has 1 aliphatic heterocycles. The summed E-state index contributed by atoms with van der Waals surface area (Å²) < 4.78 is 0. The third-order valence-corrected chi connectivity index (χ3v) is 4.43. The highest BCUT2D eigenvalue weighted by Gasteiger charge is 2.24. The Balaban J connectivity index is 2.30. The Kier molecular flexibility index (Phi) is 4.29. The van der Waals surface area contributed by atoms with Gasteiger partial charge in [-0.25, -0.2) is 0 Å². The van der Waals surface area contributed by atoms with Crippen LogP contribution in [0.1, 0.15) is 37.8 Å². The van der Waals surface area contributed by atoms with E-state index in [2.05, 4.69) is 52.9 Å². The highest BCUT2D eigenvalue weighted by atomic mass is 79.9. The minimum atomic E-state index is 0.524. The van der Waals surface area contributed by atoms with Crippen molar-refractivity contribution in [2.75, 3.05) is 11.4 Å². The number of piperidine rings is 1. The van der Waals surface area contributed by atoms with Crippen LogP contribution in [0.5, 0.6) is 0 Å². The minimum Gasteiger partial charge on any atom is -0.368 e. The largest absolute Gasteiger partial charge is 0.368 e. The van der Waals surface area contributed by atoms with Gasteiger partial charge in [-0.15, -0.1) is 0 Å². The van der Waals surface area contributed by atoms with Gasteiger partial charge < -0.3 is 4.90 Å². The van der Waals surface area contributed by atoms with Gasteiger partial charge in [-0.3, -0.25) is 0 Å². The Morgan fingerprint density at radius 3 is 2.83 bits per heavy atom. The molecule has 1 saturated heterocycles. The average Bonchev–Trinajstić information content (AvgIpc) is 2.38.